The first-order valence-electron chi connectivity index (χ1n) is 5.84. The molecule has 0 aliphatic heterocycles. The standard InChI is InChI=1S/C11H18F3N3O2/c1-10(2,3)17-8(15-16-9(17)6-18)4-5-19-7-11(12,13)14/h18H,4-7H2,1-3H3. The van der Waals surface area contributed by atoms with Gasteiger partial charge in [-0.15, -0.1) is 10.2 Å². The molecule has 0 fully saturated rings. The van der Waals surface area contributed by atoms with Crippen LogP contribution in [0.2, 0.25) is 0 Å². The van der Waals surface area contributed by atoms with Crippen molar-refractivity contribution in [1.82, 2.24) is 14.8 Å². The topological polar surface area (TPSA) is 60.2 Å². The first-order chi connectivity index (χ1) is 8.65. The Kier molecular flexibility index (Phi) is 4.92. The molecule has 8 heteroatoms. The molecule has 0 aliphatic carbocycles. The monoisotopic (exact) mass is 281 g/mol. The van der Waals surface area contributed by atoms with Crippen molar-refractivity contribution in [3.05, 3.63) is 11.6 Å². The van der Waals surface area contributed by atoms with Crippen molar-refractivity contribution in [2.45, 2.75) is 45.5 Å². The van der Waals surface area contributed by atoms with E-state index in [1.165, 1.54) is 0 Å². The lowest BCUT2D eigenvalue weighted by molar-refractivity contribution is -0.173. The maximum atomic E-state index is 11.9. The number of aliphatic hydroxyl groups excluding tert-OH is 1. The van der Waals surface area contributed by atoms with Gasteiger partial charge in [-0.05, 0) is 20.8 Å². The summed E-state index contributed by atoms with van der Waals surface area (Å²) in [5, 5.41) is 16.9. The molecule has 0 bridgehead atoms. The van der Waals surface area contributed by atoms with E-state index in [0.29, 0.717) is 11.6 Å². The van der Waals surface area contributed by atoms with Gasteiger partial charge in [-0.2, -0.15) is 13.2 Å². The molecule has 0 aliphatic rings. The fraction of sp³-hybridized carbons (Fsp3) is 0.818. The van der Waals surface area contributed by atoms with Gasteiger partial charge in [-0.1, -0.05) is 0 Å². The Balaban J connectivity index is 2.67. The highest BCUT2D eigenvalue weighted by Crippen LogP contribution is 2.19. The van der Waals surface area contributed by atoms with E-state index in [4.69, 9.17) is 0 Å². The smallest absolute Gasteiger partial charge is 0.388 e. The van der Waals surface area contributed by atoms with Crippen LogP contribution in [0.15, 0.2) is 0 Å². The largest absolute Gasteiger partial charge is 0.411 e. The number of aliphatic hydroxyl groups is 1. The number of hydrogen-bond donors (Lipinski definition) is 1. The lowest BCUT2D eigenvalue weighted by atomic mass is 10.1. The van der Waals surface area contributed by atoms with Crippen molar-refractivity contribution < 1.29 is 23.0 Å². The van der Waals surface area contributed by atoms with Gasteiger partial charge >= 0.3 is 6.18 Å². The van der Waals surface area contributed by atoms with Gasteiger partial charge in [-0.3, -0.25) is 0 Å². The lowest BCUT2D eigenvalue weighted by Gasteiger charge is -2.24. The summed E-state index contributed by atoms with van der Waals surface area (Å²) < 4.78 is 42.0. The number of ether oxygens (including phenoxy) is 1. The van der Waals surface area contributed by atoms with Crippen LogP contribution in [0.25, 0.3) is 0 Å². The molecular weight excluding hydrogens is 263 g/mol. The van der Waals surface area contributed by atoms with E-state index in [9.17, 15) is 18.3 Å². The van der Waals surface area contributed by atoms with Crippen LogP contribution in [0.3, 0.4) is 0 Å². The number of hydrogen-bond acceptors (Lipinski definition) is 4. The maximum Gasteiger partial charge on any atom is 0.411 e. The lowest BCUT2D eigenvalue weighted by Crippen LogP contribution is -2.27. The van der Waals surface area contributed by atoms with E-state index in [2.05, 4.69) is 14.9 Å². The second kappa shape index (κ2) is 5.87. The van der Waals surface area contributed by atoms with E-state index in [1.54, 1.807) is 4.57 Å². The number of rotatable bonds is 5. The molecule has 0 saturated heterocycles. The molecule has 1 rings (SSSR count). The Morgan fingerprint density at radius 2 is 1.74 bits per heavy atom. The van der Waals surface area contributed by atoms with E-state index >= 15 is 0 Å². The van der Waals surface area contributed by atoms with Crippen molar-refractivity contribution >= 4 is 0 Å². The van der Waals surface area contributed by atoms with E-state index < -0.39 is 12.8 Å². The Bertz CT molecular complexity index is 410. The van der Waals surface area contributed by atoms with E-state index in [-0.39, 0.29) is 25.2 Å². The first kappa shape index (κ1) is 15.9. The summed E-state index contributed by atoms with van der Waals surface area (Å²) in [4.78, 5) is 0. The van der Waals surface area contributed by atoms with Crippen LogP contribution in [-0.2, 0) is 23.3 Å². The normalized spacial score (nSPS) is 13.0. The van der Waals surface area contributed by atoms with Gasteiger partial charge in [0.2, 0.25) is 0 Å². The van der Waals surface area contributed by atoms with Crippen LogP contribution >= 0.6 is 0 Å². The SMILES string of the molecule is CC(C)(C)n1c(CO)nnc1CCOCC(F)(F)F. The van der Waals surface area contributed by atoms with Gasteiger partial charge in [0.15, 0.2) is 5.82 Å². The summed E-state index contributed by atoms with van der Waals surface area (Å²) in [5.41, 5.74) is -0.360. The molecule has 5 nitrogen and oxygen atoms in total. The summed E-state index contributed by atoms with van der Waals surface area (Å²) in [7, 11) is 0. The molecule has 0 aromatic carbocycles. The number of alkyl halides is 3. The molecule has 1 heterocycles. The van der Waals surface area contributed by atoms with Gasteiger partial charge in [0.1, 0.15) is 19.0 Å². The van der Waals surface area contributed by atoms with E-state index in [0.717, 1.165) is 0 Å². The maximum absolute atomic E-state index is 11.9. The highest BCUT2D eigenvalue weighted by atomic mass is 19.4. The quantitative estimate of drug-likeness (QED) is 0.834. The number of aromatic nitrogens is 3. The number of nitrogens with zero attached hydrogens (tertiary/aromatic N) is 3. The van der Waals surface area contributed by atoms with Gasteiger partial charge in [0, 0.05) is 12.0 Å². The Morgan fingerprint density at radius 3 is 2.21 bits per heavy atom. The summed E-state index contributed by atoms with van der Waals surface area (Å²) in [6, 6.07) is 0. The molecule has 1 aromatic rings. The third kappa shape index (κ3) is 4.79. The molecule has 19 heavy (non-hydrogen) atoms. The zero-order chi connectivity index (χ0) is 14.7. The summed E-state index contributed by atoms with van der Waals surface area (Å²) in [6.07, 6.45) is -4.12. The van der Waals surface area contributed by atoms with Gasteiger partial charge < -0.3 is 14.4 Å². The average Bonchev–Trinajstić information content (AvgIpc) is 2.65. The van der Waals surface area contributed by atoms with Gasteiger partial charge in [-0.25, -0.2) is 0 Å². The van der Waals surface area contributed by atoms with Crippen molar-refractivity contribution in [3.8, 4) is 0 Å². The zero-order valence-corrected chi connectivity index (χ0v) is 11.2. The molecule has 0 saturated carbocycles. The molecular formula is C11H18F3N3O2. The fourth-order valence-corrected chi connectivity index (χ4v) is 1.74. The summed E-state index contributed by atoms with van der Waals surface area (Å²) in [6.45, 7) is 4.05. The molecule has 1 aromatic heterocycles. The van der Waals surface area contributed by atoms with Crippen LogP contribution in [0, 0.1) is 0 Å². The minimum absolute atomic E-state index is 0.0981. The van der Waals surface area contributed by atoms with Gasteiger partial charge in [0.05, 0.1) is 6.61 Å². The predicted octanol–water partition coefficient (Wildman–Crippen LogP) is 1.65. The molecule has 0 radical (unpaired) electrons. The zero-order valence-electron chi connectivity index (χ0n) is 11.2. The minimum Gasteiger partial charge on any atom is -0.388 e. The molecule has 0 unspecified atom stereocenters. The molecule has 0 spiro atoms. The highest BCUT2D eigenvalue weighted by molar-refractivity contribution is 5.00. The summed E-state index contributed by atoms with van der Waals surface area (Å²) in [5.74, 6) is 0.886. The fourth-order valence-electron chi connectivity index (χ4n) is 1.74. The third-order valence-electron chi connectivity index (χ3n) is 2.35. The van der Waals surface area contributed by atoms with Crippen molar-refractivity contribution in [3.63, 3.8) is 0 Å². The van der Waals surface area contributed by atoms with Crippen LogP contribution in [0.1, 0.15) is 32.4 Å². The van der Waals surface area contributed by atoms with Crippen LogP contribution < -0.4 is 0 Å². The second-order valence-electron chi connectivity index (χ2n) is 5.11. The van der Waals surface area contributed by atoms with Crippen LogP contribution in [0.5, 0.6) is 0 Å². The molecule has 110 valence electrons. The Labute approximate surface area is 109 Å². The predicted molar refractivity (Wildman–Crippen MR) is 61.5 cm³/mol. The van der Waals surface area contributed by atoms with Crippen LogP contribution in [0.4, 0.5) is 13.2 Å². The van der Waals surface area contributed by atoms with Crippen molar-refractivity contribution in [1.29, 1.82) is 0 Å². The van der Waals surface area contributed by atoms with Crippen LogP contribution in [-0.4, -0.2) is 39.3 Å². The molecule has 0 amide bonds. The Morgan fingerprint density at radius 1 is 1.16 bits per heavy atom. The highest BCUT2D eigenvalue weighted by Gasteiger charge is 2.27. The average molecular weight is 281 g/mol. The molecule has 0 atom stereocenters. The second-order valence-corrected chi connectivity index (χ2v) is 5.11. The van der Waals surface area contributed by atoms with Crippen molar-refractivity contribution in [2.75, 3.05) is 13.2 Å². The van der Waals surface area contributed by atoms with E-state index in [1.807, 2.05) is 20.8 Å². The van der Waals surface area contributed by atoms with Gasteiger partial charge in [0.25, 0.3) is 0 Å². The number of halogens is 3. The molecule has 1 N–H and O–H groups in total. The van der Waals surface area contributed by atoms with Crippen molar-refractivity contribution in [2.24, 2.45) is 0 Å². The minimum atomic E-state index is -4.33. The summed E-state index contributed by atoms with van der Waals surface area (Å²) >= 11 is 0. The Hall–Kier alpha value is -1.15. The third-order valence-corrected chi connectivity index (χ3v) is 2.35. The first-order valence-corrected chi connectivity index (χ1v) is 5.84.